The summed E-state index contributed by atoms with van der Waals surface area (Å²) in [7, 11) is 0. The molecule has 1 aromatic carbocycles. The van der Waals surface area contributed by atoms with Crippen LogP contribution in [0.2, 0.25) is 0 Å². The molecule has 100 valence electrons. The van der Waals surface area contributed by atoms with E-state index in [2.05, 4.69) is 4.98 Å². The summed E-state index contributed by atoms with van der Waals surface area (Å²) < 4.78 is 5.63. The molecule has 2 aromatic rings. The molecule has 0 saturated carbocycles. The van der Waals surface area contributed by atoms with Crippen molar-refractivity contribution in [3.63, 3.8) is 0 Å². The number of hydrogen-bond acceptors (Lipinski definition) is 5. The van der Waals surface area contributed by atoms with Gasteiger partial charge in [-0.15, -0.1) is 0 Å². The topological polar surface area (TPSA) is 89.0 Å². The molecule has 2 N–H and O–H groups in total. The van der Waals surface area contributed by atoms with E-state index in [1.807, 2.05) is 6.07 Å². The van der Waals surface area contributed by atoms with Crippen molar-refractivity contribution in [2.24, 2.45) is 0 Å². The molecule has 0 amide bonds. The summed E-state index contributed by atoms with van der Waals surface area (Å²) in [6, 6.07) is 10.3. The normalized spacial score (nSPS) is 9.80. The van der Waals surface area contributed by atoms with E-state index in [0.717, 1.165) is 5.56 Å². The lowest BCUT2D eigenvalue weighted by Crippen LogP contribution is -2.03. The van der Waals surface area contributed by atoms with E-state index in [1.165, 1.54) is 6.92 Å². The number of carbonyl (C=O) groups is 1. The number of carbonyl (C=O) groups excluding carboxylic acids is 1. The summed E-state index contributed by atoms with van der Waals surface area (Å²) in [4.78, 5) is 15.4. The predicted molar refractivity (Wildman–Crippen MR) is 74.1 cm³/mol. The number of benzene rings is 1. The molecular weight excluding hydrogens is 254 g/mol. The molecule has 0 aliphatic heterocycles. The first-order valence-corrected chi connectivity index (χ1v) is 5.98. The number of nitrogens with two attached hydrogens (primary N) is 1. The van der Waals surface area contributed by atoms with E-state index in [1.54, 1.807) is 36.5 Å². The molecule has 0 saturated heterocycles. The Hall–Kier alpha value is -2.87. The maximum absolute atomic E-state index is 11.5. The molecule has 0 atom stereocenters. The van der Waals surface area contributed by atoms with Crippen molar-refractivity contribution >= 4 is 11.5 Å². The molecule has 5 heteroatoms. The quantitative estimate of drug-likeness (QED) is 0.678. The lowest BCUT2D eigenvalue weighted by molar-refractivity contribution is 0.101. The van der Waals surface area contributed by atoms with Crippen LogP contribution in [0.5, 0.6) is 5.75 Å². The fraction of sp³-hybridized carbons (Fsp3) is 0.133. The zero-order valence-electron chi connectivity index (χ0n) is 11.0. The van der Waals surface area contributed by atoms with Gasteiger partial charge in [0.25, 0.3) is 0 Å². The molecule has 1 aromatic heterocycles. The SMILES string of the molecule is CC(=O)c1cc(N)ccc1OCc1ccnc(C#N)c1. The van der Waals surface area contributed by atoms with E-state index in [4.69, 9.17) is 15.7 Å². The number of ketones is 1. The van der Waals surface area contributed by atoms with Crippen LogP contribution in [-0.2, 0) is 6.61 Å². The van der Waals surface area contributed by atoms with Crippen molar-refractivity contribution in [2.45, 2.75) is 13.5 Å². The van der Waals surface area contributed by atoms with Gasteiger partial charge in [-0.3, -0.25) is 4.79 Å². The van der Waals surface area contributed by atoms with E-state index >= 15 is 0 Å². The zero-order valence-corrected chi connectivity index (χ0v) is 11.0. The fourth-order valence-electron chi connectivity index (χ4n) is 1.73. The Kier molecular flexibility index (Phi) is 3.96. The average Bonchev–Trinajstić information content (AvgIpc) is 2.46. The number of nitriles is 1. The smallest absolute Gasteiger partial charge is 0.163 e. The molecule has 0 unspecified atom stereocenters. The first-order chi connectivity index (χ1) is 9.60. The largest absolute Gasteiger partial charge is 0.488 e. The van der Waals surface area contributed by atoms with Crippen LogP contribution >= 0.6 is 0 Å². The highest BCUT2D eigenvalue weighted by Gasteiger charge is 2.09. The van der Waals surface area contributed by atoms with E-state index in [-0.39, 0.29) is 12.4 Å². The van der Waals surface area contributed by atoms with Gasteiger partial charge in [0, 0.05) is 11.9 Å². The number of pyridine rings is 1. The van der Waals surface area contributed by atoms with Crippen LogP contribution in [0.1, 0.15) is 28.5 Å². The standard InChI is InChI=1S/C15H13N3O2/c1-10(19)14-7-12(17)2-3-15(14)20-9-11-4-5-18-13(6-11)8-16/h2-7H,9,17H2,1H3. The highest BCUT2D eigenvalue weighted by Crippen LogP contribution is 2.23. The molecule has 0 aliphatic carbocycles. The summed E-state index contributed by atoms with van der Waals surface area (Å²) >= 11 is 0. The fourth-order valence-corrected chi connectivity index (χ4v) is 1.73. The maximum Gasteiger partial charge on any atom is 0.163 e. The summed E-state index contributed by atoms with van der Waals surface area (Å²) in [6.07, 6.45) is 1.55. The van der Waals surface area contributed by atoms with Crippen molar-refractivity contribution in [2.75, 3.05) is 5.73 Å². The molecule has 5 nitrogen and oxygen atoms in total. The number of Topliss-reactive ketones (excluding diaryl/α,β-unsaturated/α-hetero) is 1. The Bertz CT molecular complexity index is 690. The first kappa shape index (κ1) is 13.6. The molecule has 0 fully saturated rings. The highest BCUT2D eigenvalue weighted by atomic mass is 16.5. The van der Waals surface area contributed by atoms with Crippen molar-refractivity contribution in [3.8, 4) is 11.8 Å². The minimum absolute atomic E-state index is 0.111. The minimum atomic E-state index is -0.111. The van der Waals surface area contributed by atoms with Gasteiger partial charge in [0.15, 0.2) is 5.78 Å². The third kappa shape index (κ3) is 3.12. The average molecular weight is 267 g/mol. The molecule has 0 bridgehead atoms. The number of hydrogen-bond donors (Lipinski definition) is 1. The summed E-state index contributed by atoms with van der Waals surface area (Å²) in [6.45, 7) is 1.71. The molecule has 20 heavy (non-hydrogen) atoms. The summed E-state index contributed by atoms with van der Waals surface area (Å²) in [5.74, 6) is 0.363. The zero-order chi connectivity index (χ0) is 14.5. The van der Waals surface area contributed by atoms with Gasteiger partial charge in [0.05, 0.1) is 5.56 Å². The van der Waals surface area contributed by atoms with E-state index in [0.29, 0.717) is 22.7 Å². The van der Waals surface area contributed by atoms with Crippen molar-refractivity contribution in [1.82, 2.24) is 4.98 Å². The second kappa shape index (κ2) is 5.85. The van der Waals surface area contributed by atoms with Crippen LogP contribution in [-0.4, -0.2) is 10.8 Å². The molecular formula is C15H13N3O2. The highest BCUT2D eigenvalue weighted by molar-refractivity contribution is 5.97. The van der Waals surface area contributed by atoms with Gasteiger partial charge in [-0.05, 0) is 42.8 Å². The summed E-state index contributed by atoms with van der Waals surface area (Å²) in [5, 5.41) is 8.78. The van der Waals surface area contributed by atoms with Gasteiger partial charge in [0.1, 0.15) is 24.1 Å². The summed E-state index contributed by atoms with van der Waals surface area (Å²) in [5.41, 5.74) is 7.75. The Labute approximate surface area is 116 Å². The Morgan fingerprint density at radius 2 is 2.20 bits per heavy atom. The van der Waals surface area contributed by atoms with Crippen molar-refractivity contribution in [3.05, 3.63) is 53.3 Å². The van der Waals surface area contributed by atoms with E-state index in [9.17, 15) is 4.79 Å². The Morgan fingerprint density at radius 1 is 1.40 bits per heavy atom. The minimum Gasteiger partial charge on any atom is -0.488 e. The lowest BCUT2D eigenvalue weighted by Gasteiger charge is -2.10. The maximum atomic E-state index is 11.5. The van der Waals surface area contributed by atoms with Gasteiger partial charge >= 0.3 is 0 Å². The third-order valence-corrected chi connectivity index (χ3v) is 2.72. The van der Waals surface area contributed by atoms with Crippen LogP contribution in [0.3, 0.4) is 0 Å². The molecule has 0 spiro atoms. The van der Waals surface area contributed by atoms with Crippen LogP contribution in [0.25, 0.3) is 0 Å². The van der Waals surface area contributed by atoms with Gasteiger partial charge in [0.2, 0.25) is 0 Å². The van der Waals surface area contributed by atoms with Gasteiger partial charge in [-0.2, -0.15) is 5.26 Å². The van der Waals surface area contributed by atoms with Crippen LogP contribution < -0.4 is 10.5 Å². The Balaban J connectivity index is 2.19. The van der Waals surface area contributed by atoms with Crippen LogP contribution in [0, 0.1) is 11.3 Å². The Morgan fingerprint density at radius 3 is 2.90 bits per heavy atom. The number of ether oxygens (including phenoxy) is 1. The van der Waals surface area contributed by atoms with Crippen molar-refractivity contribution in [1.29, 1.82) is 5.26 Å². The second-order valence-corrected chi connectivity index (χ2v) is 4.26. The van der Waals surface area contributed by atoms with Gasteiger partial charge in [-0.25, -0.2) is 4.98 Å². The number of anilines is 1. The molecule has 2 rings (SSSR count). The first-order valence-electron chi connectivity index (χ1n) is 5.98. The monoisotopic (exact) mass is 267 g/mol. The molecule has 1 heterocycles. The van der Waals surface area contributed by atoms with Gasteiger partial charge < -0.3 is 10.5 Å². The lowest BCUT2D eigenvalue weighted by atomic mass is 10.1. The number of nitrogens with zero attached hydrogens (tertiary/aromatic N) is 2. The molecule has 0 radical (unpaired) electrons. The number of nitrogen functional groups attached to an aromatic ring is 1. The second-order valence-electron chi connectivity index (χ2n) is 4.26. The number of rotatable bonds is 4. The molecule has 0 aliphatic rings. The van der Waals surface area contributed by atoms with Gasteiger partial charge in [-0.1, -0.05) is 0 Å². The predicted octanol–water partition coefficient (Wildman–Crippen LogP) is 2.32. The third-order valence-electron chi connectivity index (χ3n) is 2.72. The van der Waals surface area contributed by atoms with Crippen LogP contribution in [0.15, 0.2) is 36.5 Å². The van der Waals surface area contributed by atoms with Crippen molar-refractivity contribution < 1.29 is 9.53 Å². The van der Waals surface area contributed by atoms with E-state index < -0.39 is 0 Å². The number of aromatic nitrogens is 1. The van der Waals surface area contributed by atoms with Crippen LogP contribution in [0.4, 0.5) is 5.69 Å².